The lowest BCUT2D eigenvalue weighted by molar-refractivity contribution is 0.276. The molecule has 1 fully saturated rings. The van der Waals surface area contributed by atoms with Gasteiger partial charge in [0.05, 0.1) is 0 Å². The maximum Gasteiger partial charge on any atom is 0.0250 e. The van der Waals surface area contributed by atoms with Gasteiger partial charge in [0.25, 0.3) is 0 Å². The van der Waals surface area contributed by atoms with Gasteiger partial charge in [0.15, 0.2) is 0 Å². The van der Waals surface area contributed by atoms with Gasteiger partial charge in [-0.25, -0.2) is 0 Å². The zero-order valence-corrected chi connectivity index (χ0v) is 12.5. The third kappa shape index (κ3) is 2.47. The number of benzene rings is 1. The van der Waals surface area contributed by atoms with Crippen molar-refractivity contribution in [3.63, 3.8) is 0 Å². The van der Waals surface area contributed by atoms with E-state index in [4.69, 9.17) is 0 Å². The van der Waals surface area contributed by atoms with E-state index in [0.29, 0.717) is 5.41 Å². The van der Waals surface area contributed by atoms with E-state index in [1.165, 1.54) is 27.3 Å². The van der Waals surface area contributed by atoms with Crippen molar-refractivity contribution in [2.45, 2.75) is 32.1 Å². The standard InChI is InChI=1S/C17H21NS/c1-3-15-8-9-16(19-15)10-17(11-18-12-17)14-6-4-13(2)5-7-14/h4-9,18H,3,10-12H2,1-2H3. The van der Waals surface area contributed by atoms with Gasteiger partial charge < -0.3 is 5.32 Å². The highest BCUT2D eigenvalue weighted by molar-refractivity contribution is 7.12. The number of nitrogens with one attached hydrogen (secondary N) is 1. The van der Waals surface area contributed by atoms with Crippen LogP contribution in [0.1, 0.15) is 27.8 Å². The molecule has 1 nitrogen and oxygen atoms in total. The van der Waals surface area contributed by atoms with Crippen LogP contribution in [-0.4, -0.2) is 13.1 Å². The van der Waals surface area contributed by atoms with Gasteiger partial charge >= 0.3 is 0 Å². The van der Waals surface area contributed by atoms with Crippen molar-refractivity contribution in [1.29, 1.82) is 0 Å². The molecule has 0 amide bonds. The molecule has 3 rings (SSSR count). The Morgan fingerprint density at radius 2 is 1.74 bits per heavy atom. The molecule has 1 N–H and O–H groups in total. The van der Waals surface area contributed by atoms with Crippen molar-refractivity contribution in [2.75, 3.05) is 13.1 Å². The monoisotopic (exact) mass is 271 g/mol. The van der Waals surface area contributed by atoms with E-state index in [0.717, 1.165) is 19.5 Å². The molecule has 1 aromatic carbocycles. The Kier molecular flexibility index (Phi) is 3.46. The molecule has 19 heavy (non-hydrogen) atoms. The summed E-state index contributed by atoms with van der Waals surface area (Å²) in [5.41, 5.74) is 3.16. The Bertz CT molecular complexity index is 549. The molecule has 0 spiro atoms. The lowest BCUT2D eigenvalue weighted by Gasteiger charge is -2.43. The van der Waals surface area contributed by atoms with Gasteiger partial charge in [-0.05, 0) is 37.5 Å². The van der Waals surface area contributed by atoms with Crippen LogP contribution in [0.3, 0.4) is 0 Å². The summed E-state index contributed by atoms with van der Waals surface area (Å²) in [4.78, 5) is 3.03. The van der Waals surface area contributed by atoms with Crippen LogP contribution in [0.25, 0.3) is 0 Å². The molecule has 100 valence electrons. The average molecular weight is 271 g/mol. The molecule has 2 heteroatoms. The number of hydrogen-bond acceptors (Lipinski definition) is 2. The summed E-state index contributed by atoms with van der Waals surface area (Å²) in [6, 6.07) is 13.7. The zero-order valence-electron chi connectivity index (χ0n) is 11.7. The topological polar surface area (TPSA) is 12.0 Å². The molecule has 0 radical (unpaired) electrons. The van der Waals surface area contributed by atoms with E-state index in [2.05, 4.69) is 55.6 Å². The summed E-state index contributed by atoms with van der Waals surface area (Å²) >= 11 is 1.98. The van der Waals surface area contributed by atoms with E-state index in [9.17, 15) is 0 Å². The molecule has 1 aliphatic rings. The second-order valence-electron chi connectivity index (χ2n) is 5.65. The molecule has 1 aromatic heterocycles. The lowest BCUT2D eigenvalue weighted by atomic mass is 9.72. The highest BCUT2D eigenvalue weighted by Gasteiger charge is 2.38. The molecule has 0 aliphatic carbocycles. The molecule has 0 unspecified atom stereocenters. The summed E-state index contributed by atoms with van der Waals surface area (Å²) in [6.07, 6.45) is 2.33. The van der Waals surface area contributed by atoms with Crippen LogP contribution in [0.4, 0.5) is 0 Å². The highest BCUT2D eigenvalue weighted by atomic mass is 32.1. The van der Waals surface area contributed by atoms with Crippen LogP contribution >= 0.6 is 11.3 Å². The molecular weight excluding hydrogens is 250 g/mol. The molecule has 1 saturated heterocycles. The lowest BCUT2D eigenvalue weighted by Crippen LogP contribution is -2.58. The normalized spacial score (nSPS) is 17.2. The van der Waals surface area contributed by atoms with Gasteiger partial charge in [0.1, 0.15) is 0 Å². The fraction of sp³-hybridized carbons (Fsp3) is 0.412. The van der Waals surface area contributed by atoms with E-state index in [1.54, 1.807) is 0 Å². The average Bonchev–Trinajstić information content (AvgIpc) is 2.83. The van der Waals surface area contributed by atoms with Crippen LogP contribution in [0.5, 0.6) is 0 Å². The second kappa shape index (κ2) is 5.10. The summed E-state index contributed by atoms with van der Waals surface area (Å²) in [6.45, 7) is 6.60. The molecular formula is C17H21NS. The van der Waals surface area contributed by atoms with Crippen molar-refractivity contribution >= 4 is 11.3 Å². The quantitative estimate of drug-likeness (QED) is 0.894. The predicted molar refractivity (Wildman–Crippen MR) is 83.1 cm³/mol. The molecule has 0 atom stereocenters. The smallest absolute Gasteiger partial charge is 0.0250 e. The number of hydrogen-bond donors (Lipinski definition) is 1. The molecule has 0 bridgehead atoms. The summed E-state index contributed by atoms with van der Waals surface area (Å²) in [7, 11) is 0. The fourth-order valence-corrected chi connectivity index (χ4v) is 3.91. The SMILES string of the molecule is CCc1ccc(CC2(c3ccc(C)cc3)CNC2)s1. The Labute approximate surface area is 119 Å². The second-order valence-corrected chi connectivity index (χ2v) is 6.90. The number of thiophene rings is 1. The minimum absolute atomic E-state index is 0.323. The maximum atomic E-state index is 3.46. The maximum absolute atomic E-state index is 3.46. The van der Waals surface area contributed by atoms with Crippen LogP contribution in [0.2, 0.25) is 0 Å². The van der Waals surface area contributed by atoms with Crippen molar-refractivity contribution in [2.24, 2.45) is 0 Å². The number of aryl methyl sites for hydroxylation is 2. The first-order valence-corrected chi connectivity index (χ1v) is 7.89. The van der Waals surface area contributed by atoms with Gasteiger partial charge in [0, 0.05) is 28.3 Å². The van der Waals surface area contributed by atoms with Crippen molar-refractivity contribution in [1.82, 2.24) is 5.32 Å². The first-order chi connectivity index (χ1) is 9.22. The Balaban J connectivity index is 1.84. The van der Waals surface area contributed by atoms with Crippen LogP contribution < -0.4 is 5.32 Å². The van der Waals surface area contributed by atoms with Crippen molar-refractivity contribution in [3.05, 3.63) is 57.3 Å². The van der Waals surface area contributed by atoms with Crippen LogP contribution in [-0.2, 0) is 18.3 Å². The summed E-state index contributed by atoms with van der Waals surface area (Å²) < 4.78 is 0. The van der Waals surface area contributed by atoms with Gasteiger partial charge in [-0.3, -0.25) is 0 Å². The zero-order chi connectivity index (χ0) is 13.3. The van der Waals surface area contributed by atoms with Gasteiger partial charge in [-0.2, -0.15) is 0 Å². The van der Waals surface area contributed by atoms with E-state index >= 15 is 0 Å². The Morgan fingerprint density at radius 3 is 2.26 bits per heavy atom. The van der Waals surface area contributed by atoms with Gasteiger partial charge in [-0.15, -0.1) is 11.3 Å². The highest BCUT2D eigenvalue weighted by Crippen LogP contribution is 2.34. The molecule has 2 heterocycles. The third-order valence-corrected chi connectivity index (χ3v) is 5.40. The van der Waals surface area contributed by atoms with Gasteiger partial charge in [0.2, 0.25) is 0 Å². The largest absolute Gasteiger partial charge is 0.315 e. The Morgan fingerprint density at radius 1 is 1.05 bits per heavy atom. The minimum Gasteiger partial charge on any atom is -0.315 e. The fourth-order valence-electron chi connectivity index (χ4n) is 2.81. The summed E-state index contributed by atoms with van der Waals surface area (Å²) in [5.74, 6) is 0. The first-order valence-electron chi connectivity index (χ1n) is 7.07. The van der Waals surface area contributed by atoms with Crippen molar-refractivity contribution < 1.29 is 0 Å². The minimum atomic E-state index is 0.323. The number of rotatable bonds is 4. The molecule has 1 aliphatic heterocycles. The van der Waals surface area contributed by atoms with Crippen LogP contribution in [0.15, 0.2) is 36.4 Å². The van der Waals surface area contributed by atoms with E-state index < -0.39 is 0 Å². The first kappa shape index (κ1) is 12.9. The van der Waals surface area contributed by atoms with Gasteiger partial charge in [-0.1, -0.05) is 36.8 Å². The third-order valence-electron chi connectivity index (χ3n) is 4.17. The molecule has 0 saturated carbocycles. The Hall–Kier alpha value is -1.12. The van der Waals surface area contributed by atoms with E-state index in [1.807, 2.05) is 11.3 Å². The molecule has 2 aromatic rings. The summed E-state index contributed by atoms with van der Waals surface area (Å²) in [5, 5.41) is 3.46. The van der Waals surface area contributed by atoms with Crippen LogP contribution in [0, 0.1) is 6.92 Å². The van der Waals surface area contributed by atoms with Crippen molar-refractivity contribution in [3.8, 4) is 0 Å². The predicted octanol–water partition coefficient (Wildman–Crippen LogP) is 3.70. The van der Waals surface area contributed by atoms with E-state index in [-0.39, 0.29) is 0 Å².